The third kappa shape index (κ3) is 2.96. The Morgan fingerprint density at radius 2 is 2.12 bits per heavy atom. The fourth-order valence-electron chi connectivity index (χ4n) is 2.13. The molecular weight excluding hydrogens is 214 g/mol. The van der Waals surface area contributed by atoms with Gasteiger partial charge in [-0.05, 0) is 31.4 Å². The Morgan fingerprint density at radius 3 is 2.65 bits per heavy atom. The van der Waals surface area contributed by atoms with Crippen molar-refractivity contribution < 1.29 is 4.74 Å². The molecule has 0 aromatic carbocycles. The summed E-state index contributed by atoms with van der Waals surface area (Å²) in [6.07, 6.45) is 4.02. The number of aromatic nitrogens is 1. The Morgan fingerprint density at radius 1 is 1.41 bits per heavy atom. The number of nitrogens with two attached hydrogens (primary N) is 1. The monoisotopic (exact) mass is 235 g/mol. The van der Waals surface area contributed by atoms with Crippen LogP contribution < -0.4 is 10.6 Å². The van der Waals surface area contributed by atoms with E-state index in [0.717, 1.165) is 37.4 Å². The van der Waals surface area contributed by atoms with Gasteiger partial charge in [-0.25, -0.2) is 4.98 Å². The predicted molar refractivity (Wildman–Crippen MR) is 69.1 cm³/mol. The van der Waals surface area contributed by atoms with Gasteiger partial charge in [-0.15, -0.1) is 0 Å². The Hall–Kier alpha value is -1.13. The molecule has 0 bridgehead atoms. The predicted octanol–water partition coefficient (Wildman–Crippen LogP) is 1.72. The molecule has 0 radical (unpaired) electrons. The van der Waals surface area contributed by atoms with Gasteiger partial charge >= 0.3 is 0 Å². The lowest BCUT2D eigenvalue weighted by atomic mass is 10.1. The van der Waals surface area contributed by atoms with Crippen LogP contribution in [0.4, 0.5) is 5.82 Å². The number of pyridine rings is 1. The van der Waals surface area contributed by atoms with E-state index in [1.54, 1.807) is 0 Å². The van der Waals surface area contributed by atoms with Crippen molar-refractivity contribution >= 4 is 5.82 Å². The second-order valence-corrected chi connectivity index (χ2v) is 4.69. The zero-order chi connectivity index (χ0) is 12.3. The van der Waals surface area contributed by atoms with Gasteiger partial charge < -0.3 is 15.4 Å². The van der Waals surface area contributed by atoms with Crippen molar-refractivity contribution in [1.29, 1.82) is 0 Å². The fourth-order valence-corrected chi connectivity index (χ4v) is 2.13. The van der Waals surface area contributed by atoms with Gasteiger partial charge in [-0.1, -0.05) is 6.07 Å². The molecule has 1 saturated heterocycles. The molecular formula is C13H21N3O. The molecule has 17 heavy (non-hydrogen) atoms. The Labute approximate surface area is 103 Å². The first kappa shape index (κ1) is 12.3. The SMILES string of the molecule is C[C@@H](N)c1ccc(N(C)C2CCOCC2)nc1. The van der Waals surface area contributed by atoms with Gasteiger partial charge in [-0.2, -0.15) is 0 Å². The Balaban J connectivity index is 2.05. The number of anilines is 1. The lowest BCUT2D eigenvalue weighted by Gasteiger charge is -2.32. The third-order valence-corrected chi connectivity index (χ3v) is 3.40. The largest absolute Gasteiger partial charge is 0.381 e. The summed E-state index contributed by atoms with van der Waals surface area (Å²) in [5, 5.41) is 0. The maximum atomic E-state index is 5.81. The Kier molecular flexibility index (Phi) is 3.97. The summed E-state index contributed by atoms with van der Waals surface area (Å²) in [4.78, 5) is 6.72. The van der Waals surface area contributed by atoms with E-state index in [2.05, 4.69) is 23.0 Å². The van der Waals surface area contributed by atoms with Crippen LogP contribution in [0.15, 0.2) is 18.3 Å². The molecule has 0 unspecified atom stereocenters. The minimum Gasteiger partial charge on any atom is -0.381 e. The topological polar surface area (TPSA) is 51.4 Å². The van der Waals surface area contributed by atoms with Crippen LogP contribution in [0.25, 0.3) is 0 Å². The molecule has 1 aromatic rings. The van der Waals surface area contributed by atoms with Crippen LogP contribution >= 0.6 is 0 Å². The zero-order valence-corrected chi connectivity index (χ0v) is 10.6. The van der Waals surface area contributed by atoms with Crippen LogP contribution in [0, 0.1) is 0 Å². The molecule has 1 atom stereocenters. The fraction of sp³-hybridized carbons (Fsp3) is 0.615. The molecule has 0 amide bonds. The van der Waals surface area contributed by atoms with Gasteiger partial charge in [0.1, 0.15) is 5.82 Å². The summed E-state index contributed by atoms with van der Waals surface area (Å²) in [5.74, 6) is 1.02. The number of ether oxygens (including phenoxy) is 1. The minimum absolute atomic E-state index is 0.0462. The maximum Gasteiger partial charge on any atom is 0.128 e. The van der Waals surface area contributed by atoms with Gasteiger partial charge in [0.25, 0.3) is 0 Å². The van der Waals surface area contributed by atoms with E-state index < -0.39 is 0 Å². The lowest BCUT2D eigenvalue weighted by molar-refractivity contribution is 0.0853. The van der Waals surface area contributed by atoms with Crippen molar-refractivity contribution in [2.24, 2.45) is 5.73 Å². The van der Waals surface area contributed by atoms with Crippen molar-refractivity contribution in [3.63, 3.8) is 0 Å². The molecule has 1 aromatic heterocycles. The number of nitrogens with zero attached hydrogens (tertiary/aromatic N) is 2. The van der Waals surface area contributed by atoms with E-state index in [-0.39, 0.29) is 6.04 Å². The molecule has 2 heterocycles. The molecule has 0 spiro atoms. The van der Waals surface area contributed by atoms with Crippen LogP contribution in [0.2, 0.25) is 0 Å². The summed E-state index contributed by atoms with van der Waals surface area (Å²) in [6, 6.07) is 4.69. The second-order valence-electron chi connectivity index (χ2n) is 4.69. The highest BCUT2D eigenvalue weighted by Gasteiger charge is 2.19. The van der Waals surface area contributed by atoms with E-state index in [4.69, 9.17) is 10.5 Å². The highest BCUT2D eigenvalue weighted by atomic mass is 16.5. The highest BCUT2D eigenvalue weighted by Crippen LogP contribution is 2.20. The highest BCUT2D eigenvalue weighted by molar-refractivity contribution is 5.40. The van der Waals surface area contributed by atoms with Crippen molar-refractivity contribution in [1.82, 2.24) is 4.98 Å². The first-order chi connectivity index (χ1) is 8.18. The minimum atomic E-state index is 0.0462. The van der Waals surface area contributed by atoms with Gasteiger partial charge in [-0.3, -0.25) is 0 Å². The molecule has 1 aliphatic heterocycles. The summed E-state index contributed by atoms with van der Waals surface area (Å²) < 4.78 is 5.37. The maximum absolute atomic E-state index is 5.81. The molecule has 94 valence electrons. The molecule has 1 fully saturated rings. The smallest absolute Gasteiger partial charge is 0.128 e. The first-order valence-electron chi connectivity index (χ1n) is 6.20. The van der Waals surface area contributed by atoms with Crippen LogP contribution in [0.1, 0.15) is 31.4 Å². The van der Waals surface area contributed by atoms with Crippen LogP contribution in [-0.4, -0.2) is 31.3 Å². The summed E-state index contributed by atoms with van der Waals surface area (Å²) >= 11 is 0. The van der Waals surface area contributed by atoms with Gasteiger partial charge in [0.2, 0.25) is 0 Å². The van der Waals surface area contributed by atoms with Gasteiger partial charge in [0.05, 0.1) is 0 Å². The van der Waals surface area contributed by atoms with Crippen LogP contribution in [0.3, 0.4) is 0 Å². The molecule has 4 nitrogen and oxygen atoms in total. The average molecular weight is 235 g/mol. The molecule has 4 heteroatoms. The standard InChI is InChI=1S/C13H21N3O/c1-10(14)11-3-4-13(15-9-11)16(2)12-5-7-17-8-6-12/h3-4,9-10,12H,5-8,14H2,1-2H3/t10-/m1/s1. The van der Waals surface area contributed by atoms with E-state index >= 15 is 0 Å². The zero-order valence-electron chi connectivity index (χ0n) is 10.6. The second kappa shape index (κ2) is 5.47. The third-order valence-electron chi connectivity index (χ3n) is 3.40. The van der Waals surface area contributed by atoms with E-state index in [1.165, 1.54) is 0 Å². The normalized spacial score (nSPS) is 19.0. The van der Waals surface area contributed by atoms with Crippen molar-refractivity contribution in [3.05, 3.63) is 23.9 Å². The van der Waals surface area contributed by atoms with E-state index in [1.807, 2.05) is 19.2 Å². The van der Waals surface area contributed by atoms with Crippen molar-refractivity contribution in [2.45, 2.75) is 31.8 Å². The molecule has 2 N–H and O–H groups in total. The van der Waals surface area contributed by atoms with Crippen LogP contribution in [-0.2, 0) is 4.74 Å². The number of hydrogen-bond acceptors (Lipinski definition) is 4. The lowest BCUT2D eigenvalue weighted by Crippen LogP contribution is -2.37. The Bertz CT molecular complexity index is 344. The number of hydrogen-bond donors (Lipinski definition) is 1. The quantitative estimate of drug-likeness (QED) is 0.866. The molecule has 2 rings (SSSR count). The van der Waals surface area contributed by atoms with Gasteiger partial charge in [0, 0.05) is 38.5 Å². The van der Waals surface area contributed by atoms with Crippen molar-refractivity contribution in [3.8, 4) is 0 Å². The molecule has 0 saturated carbocycles. The van der Waals surface area contributed by atoms with Crippen molar-refractivity contribution in [2.75, 3.05) is 25.2 Å². The van der Waals surface area contributed by atoms with Crippen LogP contribution in [0.5, 0.6) is 0 Å². The first-order valence-corrected chi connectivity index (χ1v) is 6.20. The average Bonchev–Trinajstić information content (AvgIpc) is 2.39. The molecule has 0 aliphatic carbocycles. The van der Waals surface area contributed by atoms with E-state index in [0.29, 0.717) is 6.04 Å². The van der Waals surface area contributed by atoms with E-state index in [9.17, 15) is 0 Å². The van der Waals surface area contributed by atoms with Gasteiger partial charge in [0.15, 0.2) is 0 Å². The number of rotatable bonds is 3. The summed E-state index contributed by atoms with van der Waals surface area (Å²) in [7, 11) is 2.10. The summed E-state index contributed by atoms with van der Waals surface area (Å²) in [6.45, 7) is 3.68. The summed E-state index contributed by atoms with van der Waals surface area (Å²) in [5.41, 5.74) is 6.89. The molecule has 1 aliphatic rings.